The number of carboxylic acid groups (broad SMARTS) is 1. The van der Waals surface area contributed by atoms with Crippen molar-refractivity contribution in [2.24, 2.45) is 5.92 Å². The van der Waals surface area contributed by atoms with Crippen LogP contribution in [0.25, 0.3) is 0 Å². The van der Waals surface area contributed by atoms with E-state index in [9.17, 15) is 4.79 Å². The van der Waals surface area contributed by atoms with Gasteiger partial charge in [-0.05, 0) is 23.8 Å². The second kappa shape index (κ2) is 2.33. The Hall–Kier alpha value is -0.830. The van der Waals surface area contributed by atoms with Gasteiger partial charge in [-0.25, -0.2) is 0 Å². The molecule has 2 atom stereocenters. The predicted octanol–water partition coefficient (Wildman–Crippen LogP) is 2.11. The normalized spacial score (nSPS) is 33.2. The van der Waals surface area contributed by atoms with Gasteiger partial charge in [0.05, 0.1) is 0 Å². The van der Waals surface area contributed by atoms with Crippen molar-refractivity contribution in [3.8, 4) is 0 Å². The molecule has 1 heterocycles. The average Bonchev–Trinajstić information content (AvgIpc) is 2.51. The van der Waals surface area contributed by atoms with E-state index in [0.717, 1.165) is 11.3 Å². The molecule has 0 aromatic carbocycles. The standard InChI is InChI=1S/C9H10O2S/c1-6-5-9(6,8(10)11)7-3-2-4-12-7/h2-4,6H,5H2,1H3,(H,10,11). The van der Waals surface area contributed by atoms with Gasteiger partial charge >= 0.3 is 5.97 Å². The van der Waals surface area contributed by atoms with Gasteiger partial charge in [0.15, 0.2) is 0 Å². The van der Waals surface area contributed by atoms with Crippen LogP contribution in [0.4, 0.5) is 0 Å². The maximum atomic E-state index is 11.0. The number of hydrogen-bond donors (Lipinski definition) is 1. The highest BCUT2D eigenvalue weighted by molar-refractivity contribution is 7.10. The molecule has 1 N–H and O–H groups in total. The Morgan fingerprint density at radius 3 is 2.83 bits per heavy atom. The van der Waals surface area contributed by atoms with E-state index in [4.69, 9.17) is 5.11 Å². The van der Waals surface area contributed by atoms with Crippen LogP contribution in [-0.4, -0.2) is 11.1 Å². The Labute approximate surface area is 74.8 Å². The Kier molecular flexibility index (Phi) is 1.51. The first-order valence-corrected chi connectivity index (χ1v) is 4.83. The molecule has 1 aromatic rings. The zero-order valence-electron chi connectivity index (χ0n) is 6.78. The summed E-state index contributed by atoms with van der Waals surface area (Å²) in [5.41, 5.74) is -0.534. The summed E-state index contributed by atoms with van der Waals surface area (Å²) < 4.78 is 0. The third-order valence-corrected chi connectivity index (χ3v) is 3.70. The molecule has 1 aliphatic rings. The minimum absolute atomic E-state index is 0.300. The number of thiophene rings is 1. The molecule has 2 rings (SSSR count). The third-order valence-electron chi connectivity index (χ3n) is 2.65. The van der Waals surface area contributed by atoms with Crippen molar-refractivity contribution in [1.29, 1.82) is 0 Å². The topological polar surface area (TPSA) is 37.3 Å². The highest BCUT2D eigenvalue weighted by atomic mass is 32.1. The zero-order valence-corrected chi connectivity index (χ0v) is 7.60. The molecule has 2 unspecified atom stereocenters. The molecule has 2 nitrogen and oxygen atoms in total. The molecule has 0 spiro atoms. The molecular weight excluding hydrogens is 172 g/mol. The van der Waals surface area contributed by atoms with Gasteiger partial charge in [0.25, 0.3) is 0 Å². The van der Waals surface area contributed by atoms with Crippen molar-refractivity contribution in [2.75, 3.05) is 0 Å². The molecule has 0 amide bonds. The first-order valence-electron chi connectivity index (χ1n) is 3.95. The van der Waals surface area contributed by atoms with E-state index in [0.29, 0.717) is 5.92 Å². The number of aliphatic carboxylic acids is 1. The van der Waals surface area contributed by atoms with E-state index in [1.54, 1.807) is 11.3 Å². The Bertz CT molecular complexity index is 304. The van der Waals surface area contributed by atoms with Crippen molar-refractivity contribution in [3.63, 3.8) is 0 Å². The van der Waals surface area contributed by atoms with Crippen LogP contribution in [0.2, 0.25) is 0 Å². The van der Waals surface area contributed by atoms with Gasteiger partial charge in [0.2, 0.25) is 0 Å². The van der Waals surface area contributed by atoms with Crippen LogP contribution in [-0.2, 0) is 10.2 Å². The Morgan fingerprint density at radius 1 is 1.83 bits per heavy atom. The summed E-state index contributed by atoms with van der Waals surface area (Å²) >= 11 is 1.54. The lowest BCUT2D eigenvalue weighted by molar-refractivity contribution is -0.140. The van der Waals surface area contributed by atoms with Gasteiger partial charge in [0, 0.05) is 4.88 Å². The monoisotopic (exact) mass is 182 g/mol. The number of carboxylic acids is 1. The second-order valence-corrected chi connectivity index (χ2v) is 4.31. The molecule has 1 aromatic heterocycles. The smallest absolute Gasteiger partial charge is 0.315 e. The summed E-state index contributed by atoms with van der Waals surface area (Å²) in [5.74, 6) is -0.369. The quantitative estimate of drug-likeness (QED) is 0.760. The maximum Gasteiger partial charge on any atom is 0.315 e. The zero-order chi connectivity index (χ0) is 8.77. The lowest BCUT2D eigenvalue weighted by Gasteiger charge is -2.07. The highest BCUT2D eigenvalue weighted by Gasteiger charge is 2.59. The van der Waals surface area contributed by atoms with E-state index < -0.39 is 11.4 Å². The van der Waals surface area contributed by atoms with Crippen molar-refractivity contribution in [1.82, 2.24) is 0 Å². The molecule has 1 saturated carbocycles. The van der Waals surface area contributed by atoms with Crippen LogP contribution in [0.5, 0.6) is 0 Å². The highest BCUT2D eigenvalue weighted by Crippen LogP contribution is 2.55. The molecular formula is C9H10O2S. The number of rotatable bonds is 2. The molecule has 0 bridgehead atoms. The second-order valence-electron chi connectivity index (χ2n) is 3.36. The fraction of sp³-hybridized carbons (Fsp3) is 0.444. The minimum atomic E-state index is -0.669. The lowest BCUT2D eigenvalue weighted by Crippen LogP contribution is -2.20. The fourth-order valence-electron chi connectivity index (χ4n) is 1.70. The molecule has 1 fully saturated rings. The van der Waals surface area contributed by atoms with Crippen molar-refractivity contribution in [2.45, 2.75) is 18.8 Å². The first-order chi connectivity index (χ1) is 5.68. The molecule has 0 aliphatic heterocycles. The molecule has 12 heavy (non-hydrogen) atoms. The molecule has 64 valence electrons. The Morgan fingerprint density at radius 2 is 2.50 bits per heavy atom. The van der Waals surface area contributed by atoms with E-state index in [2.05, 4.69) is 0 Å². The predicted molar refractivity (Wildman–Crippen MR) is 47.4 cm³/mol. The van der Waals surface area contributed by atoms with E-state index in [1.165, 1.54) is 0 Å². The van der Waals surface area contributed by atoms with Gasteiger partial charge in [-0.2, -0.15) is 0 Å². The number of hydrogen-bond acceptors (Lipinski definition) is 2. The molecule has 3 heteroatoms. The minimum Gasteiger partial charge on any atom is -0.481 e. The third kappa shape index (κ3) is 0.829. The summed E-state index contributed by atoms with van der Waals surface area (Å²) in [5, 5.41) is 11.0. The van der Waals surface area contributed by atoms with Crippen LogP contribution in [0.1, 0.15) is 18.2 Å². The van der Waals surface area contributed by atoms with E-state index in [-0.39, 0.29) is 0 Å². The first kappa shape index (κ1) is 7.80. The van der Waals surface area contributed by atoms with Gasteiger partial charge in [-0.1, -0.05) is 13.0 Å². The SMILES string of the molecule is CC1CC1(C(=O)O)c1cccs1. The summed E-state index contributed by atoms with van der Waals surface area (Å²) in [7, 11) is 0. The van der Waals surface area contributed by atoms with Crippen LogP contribution in [0.15, 0.2) is 17.5 Å². The van der Waals surface area contributed by atoms with E-state index >= 15 is 0 Å². The summed E-state index contributed by atoms with van der Waals surface area (Å²) in [6, 6.07) is 3.83. The van der Waals surface area contributed by atoms with Crippen LogP contribution < -0.4 is 0 Å². The molecule has 0 radical (unpaired) electrons. The van der Waals surface area contributed by atoms with Gasteiger partial charge < -0.3 is 5.11 Å². The molecule has 0 saturated heterocycles. The van der Waals surface area contributed by atoms with Crippen molar-refractivity contribution < 1.29 is 9.90 Å². The molecule has 1 aliphatic carbocycles. The summed E-state index contributed by atoms with van der Waals surface area (Å²) in [4.78, 5) is 12.0. The van der Waals surface area contributed by atoms with Crippen molar-refractivity contribution >= 4 is 17.3 Å². The largest absolute Gasteiger partial charge is 0.481 e. The lowest BCUT2D eigenvalue weighted by atomic mass is 10.0. The Balaban J connectivity index is 2.38. The van der Waals surface area contributed by atoms with Gasteiger partial charge in [-0.3, -0.25) is 4.79 Å². The van der Waals surface area contributed by atoms with Crippen LogP contribution in [0, 0.1) is 5.92 Å². The average molecular weight is 182 g/mol. The fourth-order valence-corrected chi connectivity index (χ4v) is 2.75. The number of carbonyl (C=O) groups is 1. The maximum absolute atomic E-state index is 11.0. The van der Waals surface area contributed by atoms with E-state index in [1.807, 2.05) is 24.4 Å². The van der Waals surface area contributed by atoms with Crippen LogP contribution in [0.3, 0.4) is 0 Å². The van der Waals surface area contributed by atoms with Crippen molar-refractivity contribution in [3.05, 3.63) is 22.4 Å². The van der Waals surface area contributed by atoms with Gasteiger partial charge in [0.1, 0.15) is 5.41 Å². The van der Waals surface area contributed by atoms with Gasteiger partial charge in [-0.15, -0.1) is 11.3 Å². The summed E-state index contributed by atoms with van der Waals surface area (Å²) in [6.07, 6.45) is 0.794. The van der Waals surface area contributed by atoms with Crippen LogP contribution >= 0.6 is 11.3 Å². The summed E-state index contributed by atoms with van der Waals surface area (Å²) in [6.45, 7) is 1.99.